The highest BCUT2D eigenvalue weighted by Gasteiger charge is 2.22. The van der Waals surface area contributed by atoms with Gasteiger partial charge in [0.15, 0.2) is 5.16 Å². The SMILES string of the molecule is CSc1nc(-c2csc3ccccc23)c2c(N)c(C(N)=O)sc2n1. The minimum atomic E-state index is -0.540. The number of thioether (sulfide) groups is 1. The highest BCUT2D eigenvalue weighted by molar-refractivity contribution is 7.98. The van der Waals surface area contributed by atoms with Gasteiger partial charge in [0.1, 0.15) is 9.71 Å². The Labute approximate surface area is 149 Å². The van der Waals surface area contributed by atoms with Crippen molar-refractivity contribution in [2.24, 2.45) is 5.73 Å². The Morgan fingerprint density at radius 3 is 2.79 bits per heavy atom. The molecule has 0 aliphatic carbocycles. The molecule has 8 heteroatoms. The van der Waals surface area contributed by atoms with Crippen LogP contribution in [-0.4, -0.2) is 22.1 Å². The number of anilines is 1. The topological polar surface area (TPSA) is 94.9 Å². The Balaban J connectivity index is 2.12. The van der Waals surface area contributed by atoms with Crippen LogP contribution in [0.2, 0.25) is 0 Å². The quantitative estimate of drug-likeness (QED) is 0.419. The van der Waals surface area contributed by atoms with Crippen LogP contribution in [0.4, 0.5) is 5.69 Å². The van der Waals surface area contributed by atoms with E-state index >= 15 is 0 Å². The lowest BCUT2D eigenvalue weighted by atomic mass is 10.1. The fourth-order valence-electron chi connectivity index (χ4n) is 2.63. The molecule has 0 radical (unpaired) electrons. The molecule has 0 fully saturated rings. The maximum absolute atomic E-state index is 11.7. The number of aromatic nitrogens is 2. The second-order valence-electron chi connectivity index (χ2n) is 5.09. The van der Waals surface area contributed by atoms with Crippen molar-refractivity contribution >= 4 is 66.3 Å². The number of benzene rings is 1. The number of nitrogens with two attached hydrogens (primary N) is 2. The van der Waals surface area contributed by atoms with Gasteiger partial charge < -0.3 is 11.5 Å². The van der Waals surface area contributed by atoms with E-state index in [4.69, 9.17) is 11.5 Å². The Bertz CT molecular complexity index is 1100. The van der Waals surface area contributed by atoms with Crippen molar-refractivity contribution in [2.45, 2.75) is 5.16 Å². The van der Waals surface area contributed by atoms with Gasteiger partial charge in [-0.05, 0) is 12.3 Å². The van der Waals surface area contributed by atoms with Gasteiger partial charge in [-0.2, -0.15) is 0 Å². The first kappa shape index (κ1) is 15.4. The summed E-state index contributed by atoms with van der Waals surface area (Å²) >= 11 is 4.33. The van der Waals surface area contributed by atoms with E-state index in [9.17, 15) is 4.79 Å². The monoisotopic (exact) mass is 372 g/mol. The summed E-state index contributed by atoms with van der Waals surface area (Å²) < 4.78 is 1.17. The van der Waals surface area contributed by atoms with E-state index in [1.807, 2.05) is 18.4 Å². The zero-order valence-corrected chi connectivity index (χ0v) is 15.0. The molecule has 0 unspecified atom stereocenters. The van der Waals surface area contributed by atoms with Crippen molar-refractivity contribution in [3.8, 4) is 11.3 Å². The number of hydrogen-bond acceptors (Lipinski definition) is 7. The molecule has 0 atom stereocenters. The van der Waals surface area contributed by atoms with E-state index in [1.165, 1.54) is 27.8 Å². The highest BCUT2D eigenvalue weighted by Crippen LogP contribution is 2.42. The Hall–Kier alpha value is -2.16. The van der Waals surface area contributed by atoms with Crippen LogP contribution in [0.5, 0.6) is 0 Å². The molecule has 0 bridgehead atoms. The van der Waals surface area contributed by atoms with Gasteiger partial charge in [-0.1, -0.05) is 30.0 Å². The second-order valence-corrected chi connectivity index (χ2v) is 7.78. The second kappa shape index (κ2) is 5.73. The molecule has 5 nitrogen and oxygen atoms in total. The van der Waals surface area contributed by atoms with Crippen LogP contribution in [-0.2, 0) is 0 Å². The summed E-state index contributed by atoms with van der Waals surface area (Å²) in [6, 6.07) is 8.14. The van der Waals surface area contributed by atoms with Gasteiger partial charge in [0, 0.05) is 21.0 Å². The summed E-state index contributed by atoms with van der Waals surface area (Å²) in [7, 11) is 0. The zero-order chi connectivity index (χ0) is 16.8. The first-order valence-electron chi connectivity index (χ1n) is 7.00. The van der Waals surface area contributed by atoms with Gasteiger partial charge in [-0.25, -0.2) is 9.97 Å². The van der Waals surface area contributed by atoms with Crippen molar-refractivity contribution < 1.29 is 4.79 Å². The number of carbonyl (C=O) groups excluding carboxylic acids is 1. The maximum atomic E-state index is 11.7. The molecule has 4 rings (SSSR count). The van der Waals surface area contributed by atoms with Crippen LogP contribution in [0.3, 0.4) is 0 Å². The van der Waals surface area contributed by atoms with Crippen LogP contribution in [0.15, 0.2) is 34.8 Å². The van der Waals surface area contributed by atoms with Crippen molar-refractivity contribution in [3.05, 3.63) is 34.5 Å². The van der Waals surface area contributed by atoms with Crippen molar-refractivity contribution in [1.82, 2.24) is 9.97 Å². The van der Waals surface area contributed by atoms with Gasteiger partial charge in [0.2, 0.25) is 0 Å². The predicted molar refractivity (Wildman–Crippen MR) is 103 cm³/mol. The first-order valence-corrected chi connectivity index (χ1v) is 9.92. The summed E-state index contributed by atoms with van der Waals surface area (Å²) in [5.41, 5.74) is 13.8. The first-order chi connectivity index (χ1) is 11.6. The van der Waals surface area contributed by atoms with Gasteiger partial charge in [-0.15, -0.1) is 22.7 Å². The Kier molecular flexibility index (Phi) is 3.67. The van der Waals surface area contributed by atoms with E-state index in [0.29, 0.717) is 25.9 Å². The van der Waals surface area contributed by atoms with E-state index in [-0.39, 0.29) is 0 Å². The zero-order valence-electron chi connectivity index (χ0n) is 12.6. The summed E-state index contributed by atoms with van der Waals surface area (Å²) in [5.74, 6) is -0.540. The highest BCUT2D eigenvalue weighted by atomic mass is 32.2. The minimum Gasteiger partial charge on any atom is -0.397 e. The number of fused-ring (bicyclic) bond motifs is 2. The average molecular weight is 373 g/mol. The molecule has 3 heterocycles. The molecule has 4 aromatic rings. The van der Waals surface area contributed by atoms with E-state index in [0.717, 1.165) is 16.6 Å². The number of primary amides is 1. The molecule has 0 saturated heterocycles. The molecule has 24 heavy (non-hydrogen) atoms. The smallest absolute Gasteiger partial charge is 0.260 e. The average Bonchev–Trinajstić information content (AvgIpc) is 3.15. The van der Waals surface area contributed by atoms with Crippen molar-refractivity contribution in [1.29, 1.82) is 0 Å². The molecular weight excluding hydrogens is 360 g/mol. The molecule has 4 N–H and O–H groups in total. The van der Waals surface area contributed by atoms with Crippen molar-refractivity contribution in [3.63, 3.8) is 0 Å². The van der Waals surface area contributed by atoms with E-state index < -0.39 is 5.91 Å². The fraction of sp³-hybridized carbons (Fsp3) is 0.0625. The molecule has 0 aliphatic rings. The summed E-state index contributed by atoms with van der Waals surface area (Å²) in [4.78, 5) is 21.8. The van der Waals surface area contributed by atoms with Crippen molar-refractivity contribution in [2.75, 3.05) is 12.0 Å². The lowest BCUT2D eigenvalue weighted by Crippen LogP contribution is -2.10. The maximum Gasteiger partial charge on any atom is 0.260 e. The van der Waals surface area contributed by atoms with Gasteiger partial charge in [-0.3, -0.25) is 4.79 Å². The number of amides is 1. The molecule has 0 aliphatic heterocycles. The van der Waals surface area contributed by atoms with Gasteiger partial charge in [0.25, 0.3) is 5.91 Å². The van der Waals surface area contributed by atoms with Gasteiger partial charge in [0.05, 0.1) is 16.8 Å². The van der Waals surface area contributed by atoms with Gasteiger partial charge >= 0.3 is 0 Å². The summed E-state index contributed by atoms with van der Waals surface area (Å²) in [5, 5.41) is 4.53. The lowest BCUT2D eigenvalue weighted by molar-refractivity contribution is 0.100. The largest absolute Gasteiger partial charge is 0.397 e. The number of hydrogen-bond donors (Lipinski definition) is 2. The normalized spacial score (nSPS) is 11.4. The summed E-state index contributed by atoms with van der Waals surface area (Å²) in [6.07, 6.45) is 1.92. The predicted octanol–water partition coefficient (Wildman–Crippen LogP) is 3.98. The Morgan fingerprint density at radius 2 is 2.04 bits per heavy atom. The molecule has 0 saturated carbocycles. The third kappa shape index (κ3) is 2.26. The molecule has 120 valence electrons. The van der Waals surface area contributed by atoms with E-state index in [2.05, 4.69) is 27.5 Å². The van der Waals surface area contributed by atoms with Crippen LogP contribution in [0.1, 0.15) is 9.67 Å². The fourth-order valence-corrected chi connectivity index (χ4v) is 4.95. The number of rotatable bonds is 3. The standard InChI is InChI=1S/C16H12N4OS3/c1-22-16-19-12(8-6-23-9-5-3-2-4-7(8)9)10-11(17)13(14(18)21)24-15(10)20-16/h2-6H,17H2,1H3,(H2,18,21). The van der Waals surface area contributed by atoms with Crippen LogP contribution in [0, 0.1) is 0 Å². The summed E-state index contributed by atoms with van der Waals surface area (Å²) in [6.45, 7) is 0. The number of thiophene rings is 2. The molecule has 0 spiro atoms. The third-order valence-corrected chi connectivity index (χ3v) is 6.34. The molecular formula is C16H12N4OS3. The van der Waals surface area contributed by atoms with Crippen LogP contribution >= 0.6 is 34.4 Å². The lowest BCUT2D eigenvalue weighted by Gasteiger charge is -2.05. The van der Waals surface area contributed by atoms with Crippen LogP contribution < -0.4 is 11.5 Å². The molecule has 1 amide bonds. The third-order valence-electron chi connectivity index (χ3n) is 3.71. The molecule has 1 aromatic carbocycles. The number of carbonyl (C=O) groups is 1. The number of nitrogen functional groups attached to an aromatic ring is 1. The minimum absolute atomic E-state index is 0.332. The Morgan fingerprint density at radius 1 is 1.25 bits per heavy atom. The number of nitrogens with zero attached hydrogens (tertiary/aromatic N) is 2. The van der Waals surface area contributed by atoms with E-state index in [1.54, 1.807) is 11.3 Å². The molecule has 3 aromatic heterocycles. The van der Waals surface area contributed by atoms with Crippen LogP contribution in [0.25, 0.3) is 31.6 Å².